The molecule has 1 aliphatic rings. The minimum Gasteiger partial charge on any atom is -0.318 e. The van der Waals surface area contributed by atoms with Crippen molar-refractivity contribution in [2.45, 2.75) is 13.8 Å². The summed E-state index contributed by atoms with van der Waals surface area (Å²) in [5.41, 5.74) is 0. The molecule has 0 aromatic carbocycles. The standard InChI is InChI=1S/C7H16N2O2S.C2H6/c1-8-2-3-9-4-6-12(10,11)7-5-9;1-2/h8H,2-7H2,1H3;1-2H3. The highest BCUT2D eigenvalue weighted by atomic mass is 32.2. The van der Waals surface area contributed by atoms with Crippen LogP contribution >= 0.6 is 0 Å². The fourth-order valence-corrected chi connectivity index (χ4v) is 2.52. The van der Waals surface area contributed by atoms with Gasteiger partial charge in [-0.1, -0.05) is 13.8 Å². The first-order valence-electron chi connectivity index (χ1n) is 5.21. The Labute approximate surface area is 87.6 Å². The topological polar surface area (TPSA) is 49.4 Å². The summed E-state index contributed by atoms with van der Waals surface area (Å²) in [6.45, 7) is 7.28. The number of hydrogen-bond acceptors (Lipinski definition) is 4. The molecule has 1 saturated heterocycles. The van der Waals surface area contributed by atoms with Gasteiger partial charge in [0.2, 0.25) is 0 Å². The average Bonchev–Trinajstić information content (AvgIpc) is 2.19. The van der Waals surface area contributed by atoms with E-state index >= 15 is 0 Å². The maximum Gasteiger partial charge on any atom is 0.152 e. The molecule has 5 heteroatoms. The molecule has 0 radical (unpaired) electrons. The van der Waals surface area contributed by atoms with Crippen LogP contribution in [-0.2, 0) is 9.84 Å². The third kappa shape index (κ3) is 5.57. The van der Waals surface area contributed by atoms with E-state index < -0.39 is 9.84 Å². The zero-order valence-corrected chi connectivity index (χ0v) is 10.2. The molecule has 0 unspecified atom stereocenters. The van der Waals surface area contributed by atoms with Crippen LogP contribution in [0.2, 0.25) is 0 Å². The summed E-state index contributed by atoms with van der Waals surface area (Å²) in [5.74, 6) is 0.660. The van der Waals surface area contributed by atoms with Crippen molar-refractivity contribution in [3.8, 4) is 0 Å². The van der Waals surface area contributed by atoms with Crippen molar-refractivity contribution >= 4 is 9.84 Å². The Morgan fingerprint density at radius 2 is 1.71 bits per heavy atom. The molecular weight excluding hydrogens is 200 g/mol. The number of sulfone groups is 1. The molecule has 0 saturated carbocycles. The van der Waals surface area contributed by atoms with E-state index in [2.05, 4.69) is 10.2 Å². The van der Waals surface area contributed by atoms with E-state index in [1.807, 2.05) is 20.9 Å². The van der Waals surface area contributed by atoms with E-state index in [9.17, 15) is 8.42 Å². The smallest absolute Gasteiger partial charge is 0.152 e. The molecule has 1 heterocycles. The number of likely N-dealkylation sites (N-methyl/N-ethyl adjacent to an activating group) is 1. The second kappa shape index (κ2) is 7.20. The minimum absolute atomic E-state index is 0.330. The molecular formula is C9H22N2O2S. The lowest BCUT2D eigenvalue weighted by molar-refractivity contribution is 0.297. The van der Waals surface area contributed by atoms with Crippen LogP contribution in [0.15, 0.2) is 0 Å². The van der Waals surface area contributed by atoms with Gasteiger partial charge < -0.3 is 10.2 Å². The van der Waals surface area contributed by atoms with Crippen LogP contribution in [0.5, 0.6) is 0 Å². The Balaban J connectivity index is 0.000000791. The second-order valence-corrected chi connectivity index (χ2v) is 5.40. The van der Waals surface area contributed by atoms with Gasteiger partial charge in [-0.25, -0.2) is 8.42 Å². The Morgan fingerprint density at radius 1 is 1.21 bits per heavy atom. The predicted octanol–water partition coefficient (Wildman–Crippen LogP) is -0.0376. The van der Waals surface area contributed by atoms with Crippen LogP contribution < -0.4 is 5.32 Å². The monoisotopic (exact) mass is 222 g/mol. The summed E-state index contributed by atoms with van der Waals surface area (Å²) < 4.78 is 22.1. The van der Waals surface area contributed by atoms with E-state index in [1.54, 1.807) is 0 Å². The highest BCUT2D eigenvalue weighted by molar-refractivity contribution is 7.91. The Morgan fingerprint density at radius 3 is 2.14 bits per heavy atom. The van der Waals surface area contributed by atoms with Crippen LogP contribution in [0.25, 0.3) is 0 Å². The van der Waals surface area contributed by atoms with Crippen LogP contribution in [-0.4, -0.2) is 58.1 Å². The Kier molecular flexibility index (Phi) is 7.13. The highest BCUT2D eigenvalue weighted by Crippen LogP contribution is 2.02. The lowest BCUT2D eigenvalue weighted by Gasteiger charge is -2.26. The van der Waals surface area contributed by atoms with Gasteiger partial charge in [0.1, 0.15) is 0 Å². The molecule has 1 rings (SSSR count). The summed E-state index contributed by atoms with van der Waals surface area (Å²) >= 11 is 0. The zero-order chi connectivity index (χ0) is 11.0. The van der Waals surface area contributed by atoms with Gasteiger partial charge in [-0.2, -0.15) is 0 Å². The Hall–Kier alpha value is -0.130. The zero-order valence-electron chi connectivity index (χ0n) is 9.41. The molecule has 0 aliphatic carbocycles. The van der Waals surface area contributed by atoms with E-state index in [-0.39, 0.29) is 0 Å². The minimum atomic E-state index is -2.70. The van der Waals surface area contributed by atoms with E-state index in [1.165, 1.54) is 0 Å². The van der Waals surface area contributed by atoms with Crippen molar-refractivity contribution in [1.29, 1.82) is 0 Å². The lowest BCUT2D eigenvalue weighted by Crippen LogP contribution is -2.42. The molecule has 14 heavy (non-hydrogen) atoms. The summed E-state index contributed by atoms with van der Waals surface area (Å²) in [7, 11) is -0.799. The molecule has 0 spiro atoms. The summed E-state index contributed by atoms with van der Waals surface area (Å²) in [6.07, 6.45) is 0. The number of rotatable bonds is 3. The van der Waals surface area contributed by atoms with Gasteiger partial charge in [0, 0.05) is 26.2 Å². The lowest BCUT2D eigenvalue weighted by atomic mass is 10.4. The fourth-order valence-electron chi connectivity index (χ4n) is 1.24. The van der Waals surface area contributed by atoms with Crippen molar-refractivity contribution in [2.75, 3.05) is 44.7 Å². The van der Waals surface area contributed by atoms with E-state index in [4.69, 9.17) is 0 Å². The molecule has 0 amide bonds. The van der Waals surface area contributed by atoms with Crippen molar-refractivity contribution in [2.24, 2.45) is 0 Å². The first-order chi connectivity index (χ1) is 6.64. The molecule has 0 bridgehead atoms. The van der Waals surface area contributed by atoms with Crippen molar-refractivity contribution in [3.63, 3.8) is 0 Å². The van der Waals surface area contributed by atoms with Gasteiger partial charge in [-0.05, 0) is 7.05 Å². The molecule has 0 aromatic rings. The largest absolute Gasteiger partial charge is 0.318 e. The number of nitrogens with one attached hydrogen (secondary N) is 1. The molecule has 0 aromatic heterocycles. The Bertz CT molecular complexity index is 213. The number of hydrogen-bond donors (Lipinski definition) is 1. The first kappa shape index (κ1) is 13.9. The van der Waals surface area contributed by atoms with E-state index in [0.717, 1.165) is 13.1 Å². The second-order valence-electron chi connectivity index (χ2n) is 3.10. The maximum absolute atomic E-state index is 11.0. The molecule has 1 aliphatic heterocycles. The normalized spacial score (nSPS) is 21.1. The number of nitrogens with zero attached hydrogens (tertiary/aromatic N) is 1. The van der Waals surface area contributed by atoms with Crippen LogP contribution in [0.1, 0.15) is 13.8 Å². The molecule has 1 N–H and O–H groups in total. The quantitative estimate of drug-likeness (QED) is 0.728. The SMILES string of the molecule is CC.CNCCN1CCS(=O)(=O)CC1. The summed E-state index contributed by atoms with van der Waals surface area (Å²) in [6, 6.07) is 0. The van der Waals surface area contributed by atoms with Gasteiger partial charge >= 0.3 is 0 Å². The first-order valence-corrected chi connectivity index (χ1v) is 7.03. The van der Waals surface area contributed by atoms with Gasteiger partial charge in [0.05, 0.1) is 11.5 Å². The fraction of sp³-hybridized carbons (Fsp3) is 1.00. The van der Waals surface area contributed by atoms with Gasteiger partial charge in [-0.15, -0.1) is 0 Å². The van der Waals surface area contributed by atoms with E-state index in [0.29, 0.717) is 24.6 Å². The predicted molar refractivity (Wildman–Crippen MR) is 60.4 cm³/mol. The van der Waals surface area contributed by atoms with Gasteiger partial charge in [0.25, 0.3) is 0 Å². The highest BCUT2D eigenvalue weighted by Gasteiger charge is 2.20. The van der Waals surface area contributed by atoms with Crippen LogP contribution in [0, 0.1) is 0 Å². The van der Waals surface area contributed by atoms with Crippen molar-refractivity contribution in [1.82, 2.24) is 10.2 Å². The summed E-state index contributed by atoms with van der Waals surface area (Å²) in [4.78, 5) is 2.18. The molecule has 86 valence electrons. The van der Waals surface area contributed by atoms with Crippen LogP contribution in [0.3, 0.4) is 0 Å². The average molecular weight is 222 g/mol. The summed E-state index contributed by atoms with van der Waals surface area (Å²) in [5, 5.41) is 3.04. The molecule has 4 nitrogen and oxygen atoms in total. The van der Waals surface area contributed by atoms with Crippen molar-refractivity contribution < 1.29 is 8.42 Å². The van der Waals surface area contributed by atoms with Gasteiger partial charge in [0.15, 0.2) is 9.84 Å². The third-order valence-corrected chi connectivity index (χ3v) is 3.72. The maximum atomic E-state index is 11.0. The molecule has 0 atom stereocenters. The van der Waals surface area contributed by atoms with Crippen LogP contribution in [0.4, 0.5) is 0 Å². The van der Waals surface area contributed by atoms with Crippen molar-refractivity contribution in [3.05, 3.63) is 0 Å². The van der Waals surface area contributed by atoms with Gasteiger partial charge in [-0.3, -0.25) is 0 Å². The third-order valence-electron chi connectivity index (χ3n) is 2.12. The molecule has 1 fully saturated rings.